The van der Waals surface area contributed by atoms with E-state index in [1.165, 1.54) is 0 Å². The van der Waals surface area contributed by atoms with Crippen molar-refractivity contribution in [1.82, 2.24) is 0 Å². The quantitative estimate of drug-likeness (QED) is 0.532. The topological polar surface area (TPSA) is 61.6 Å². The average Bonchev–Trinajstić information content (AvgIpc) is 2.28. The Labute approximate surface area is 91.1 Å². The van der Waals surface area contributed by atoms with Crippen LogP contribution in [0.1, 0.15) is 32.1 Å². The zero-order chi connectivity index (χ0) is 10.9. The molecule has 1 aliphatic heterocycles. The Balaban J connectivity index is 2.00. The Morgan fingerprint density at radius 1 is 1.33 bits per heavy atom. The van der Waals surface area contributed by atoms with Crippen molar-refractivity contribution < 1.29 is 14.3 Å². The Kier molecular flexibility index (Phi) is 6.36. The number of hydrogen-bond acceptors (Lipinski definition) is 4. The maximum Gasteiger partial charge on any atom is 0.305 e. The summed E-state index contributed by atoms with van der Waals surface area (Å²) in [6.45, 7) is 2.81. The van der Waals surface area contributed by atoms with Gasteiger partial charge in [-0.1, -0.05) is 0 Å². The van der Waals surface area contributed by atoms with Gasteiger partial charge in [-0.3, -0.25) is 4.79 Å². The molecule has 0 aromatic heterocycles. The molecule has 15 heavy (non-hydrogen) atoms. The van der Waals surface area contributed by atoms with Gasteiger partial charge in [-0.05, 0) is 38.1 Å². The molecule has 0 atom stereocenters. The van der Waals surface area contributed by atoms with E-state index in [1.54, 1.807) is 0 Å². The maximum absolute atomic E-state index is 11.3. The predicted octanol–water partition coefficient (Wildman–Crippen LogP) is 1.09. The van der Waals surface area contributed by atoms with Gasteiger partial charge in [0.2, 0.25) is 0 Å². The van der Waals surface area contributed by atoms with Gasteiger partial charge in [0.1, 0.15) is 0 Å². The van der Waals surface area contributed by atoms with E-state index in [2.05, 4.69) is 0 Å². The van der Waals surface area contributed by atoms with Gasteiger partial charge in [-0.15, -0.1) is 0 Å². The molecule has 0 unspecified atom stereocenters. The molecule has 1 aliphatic rings. The highest BCUT2D eigenvalue weighted by atomic mass is 16.5. The fourth-order valence-electron chi connectivity index (χ4n) is 1.61. The molecule has 0 amide bonds. The highest BCUT2D eigenvalue weighted by molar-refractivity contribution is 5.69. The van der Waals surface area contributed by atoms with Crippen molar-refractivity contribution in [2.75, 3.05) is 26.4 Å². The first-order chi connectivity index (χ1) is 7.33. The molecule has 4 nitrogen and oxygen atoms in total. The van der Waals surface area contributed by atoms with E-state index in [4.69, 9.17) is 15.2 Å². The molecule has 0 saturated carbocycles. The third-order valence-electron chi connectivity index (χ3n) is 2.66. The summed E-state index contributed by atoms with van der Waals surface area (Å²) in [6, 6.07) is 0. The molecule has 0 bridgehead atoms. The van der Waals surface area contributed by atoms with Gasteiger partial charge in [0.05, 0.1) is 6.61 Å². The highest BCUT2D eigenvalue weighted by Gasteiger charge is 2.15. The summed E-state index contributed by atoms with van der Waals surface area (Å²) in [6.07, 6.45) is 4.25. The van der Waals surface area contributed by atoms with Crippen LogP contribution in [0.3, 0.4) is 0 Å². The molecule has 0 aromatic rings. The van der Waals surface area contributed by atoms with Gasteiger partial charge in [-0.2, -0.15) is 0 Å². The number of carbonyl (C=O) groups excluding carboxylic acids is 1. The summed E-state index contributed by atoms with van der Waals surface area (Å²) in [5.41, 5.74) is 5.34. The molecule has 0 spiro atoms. The second-order valence-corrected chi connectivity index (χ2v) is 3.98. The van der Waals surface area contributed by atoms with Crippen LogP contribution in [-0.2, 0) is 14.3 Å². The molecular formula is C11H21NO3. The van der Waals surface area contributed by atoms with E-state index in [0.29, 0.717) is 25.5 Å². The number of carbonyl (C=O) groups is 1. The Morgan fingerprint density at radius 2 is 2.07 bits per heavy atom. The molecule has 4 heteroatoms. The number of rotatable bonds is 6. The fraction of sp³-hybridized carbons (Fsp3) is 0.909. The van der Waals surface area contributed by atoms with Crippen LogP contribution in [0.25, 0.3) is 0 Å². The highest BCUT2D eigenvalue weighted by Crippen LogP contribution is 2.15. The third kappa shape index (κ3) is 5.74. The van der Waals surface area contributed by atoms with Gasteiger partial charge in [0, 0.05) is 19.6 Å². The molecule has 0 radical (unpaired) electrons. The van der Waals surface area contributed by atoms with Crippen molar-refractivity contribution in [1.29, 1.82) is 0 Å². The van der Waals surface area contributed by atoms with Gasteiger partial charge >= 0.3 is 5.97 Å². The standard InChI is InChI=1S/C11H21NO3/c12-6-2-1-3-11(13)15-9-10-4-7-14-8-5-10/h10H,1-9,12H2. The average molecular weight is 215 g/mol. The lowest BCUT2D eigenvalue weighted by Crippen LogP contribution is -2.21. The SMILES string of the molecule is NCCCCC(=O)OCC1CCOCC1. The van der Waals surface area contributed by atoms with Crippen molar-refractivity contribution >= 4 is 5.97 Å². The van der Waals surface area contributed by atoms with E-state index >= 15 is 0 Å². The lowest BCUT2D eigenvalue weighted by atomic mass is 10.0. The second-order valence-electron chi connectivity index (χ2n) is 3.98. The van der Waals surface area contributed by atoms with E-state index in [9.17, 15) is 4.79 Å². The number of unbranched alkanes of at least 4 members (excludes halogenated alkanes) is 1. The van der Waals surface area contributed by atoms with E-state index in [0.717, 1.165) is 38.9 Å². The van der Waals surface area contributed by atoms with Crippen LogP contribution in [0.4, 0.5) is 0 Å². The van der Waals surface area contributed by atoms with Crippen LogP contribution >= 0.6 is 0 Å². The van der Waals surface area contributed by atoms with Crippen LogP contribution in [-0.4, -0.2) is 32.3 Å². The minimum Gasteiger partial charge on any atom is -0.465 e. The Hall–Kier alpha value is -0.610. The van der Waals surface area contributed by atoms with Crippen LogP contribution in [0.5, 0.6) is 0 Å². The van der Waals surface area contributed by atoms with E-state index < -0.39 is 0 Å². The number of ether oxygens (including phenoxy) is 2. The normalized spacial score (nSPS) is 17.7. The molecule has 0 aliphatic carbocycles. The van der Waals surface area contributed by atoms with Crippen LogP contribution < -0.4 is 5.73 Å². The van der Waals surface area contributed by atoms with Gasteiger partial charge in [-0.25, -0.2) is 0 Å². The predicted molar refractivity (Wildman–Crippen MR) is 57.4 cm³/mol. The largest absolute Gasteiger partial charge is 0.465 e. The number of esters is 1. The summed E-state index contributed by atoms with van der Waals surface area (Å²) in [4.78, 5) is 11.3. The lowest BCUT2D eigenvalue weighted by Gasteiger charge is -2.21. The van der Waals surface area contributed by atoms with Gasteiger partial charge in [0.15, 0.2) is 0 Å². The summed E-state index contributed by atoms with van der Waals surface area (Å²) in [5, 5.41) is 0. The lowest BCUT2D eigenvalue weighted by molar-refractivity contribution is -0.146. The first kappa shape index (κ1) is 12.5. The Bertz CT molecular complexity index is 179. The molecule has 1 saturated heterocycles. The monoisotopic (exact) mass is 215 g/mol. The molecule has 0 aromatic carbocycles. The molecule has 88 valence electrons. The van der Waals surface area contributed by atoms with Crippen LogP contribution in [0.15, 0.2) is 0 Å². The zero-order valence-corrected chi connectivity index (χ0v) is 9.24. The van der Waals surface area contributed by atoms with Crippen molar-refractivity contribution in [2.24, 2.45) is 11.7 Å². The number of hydrogen-bond donors (Lipinski definition) is 1. The minimum absolute atomic E-state index is 0.0880. The summed E-state index contributed by atoms with van der Waals surface area (Å²) >= 11 is 0. The zero-order valence-electron chi connectivity index (χ0n) is 9.24. The van der Waals surface area contributed by atoms with Gasteiger partial charge < -0.3 is 15.2 Å². The maximum atomic E-state index is 11.3. The van der Waals surface area contributed by atoms with Crippen LogP contribution in [0.2, 0.25) is 0 Å². The van der Waals surface area contributed by atoms with E-state index in [1.807, 2.05) is 0 Å². The summed E-state index contributed by atoms with van der Waals surface area (Å²) in [5.74, 6) is 0.409. The van der Waals surface area contributed by atoms with Crippen molar-refractivity contribution in [3.63, 3.8) is 0 Å². The molecule has 1 fully saturated rings. The second kappa shape index (κ2) is 7.65. The smallest absolute Gasteiger partial charge is 0.305 e. The summed E-state index contributed by atoms with van der Waals surface area (Å²) in [7, 11) is 0. The van der Waals surface area contributed by atoms with Crippen molar-refractivity contribution in [2.45, 2.75) is 32.1 Å². The fourth-order valence-corrected chi connectivity index (χ4v) is 1.61. The first-order valence-electron chi connectivity index (χ1n) is 5.76. The minimum atomic E-state index is -0.0880. The molecule has 1 heterocycles. The van der Waals surface area contributed by atoms with E-state index in [-0.39, 0.29) is 5.97 Å². The third-order valence-corrected chi connectivity index (χ3v) is 2.66. The summed E-state index contributed by atoms with van der Waals surface area (Å²) < 4.78 is 10.4. The number of nitrogens with two attached hydrogens (primary N) is 1. The van der Waals surface area contributed by atoms with Gasteiger partial charge in [0.25, 0.3) is 0 Å². The van der Waals surface area contributed by atoms with Crippen molar-refractivity contribution in [3.05, 3.63) is 0 Å². The first-order valence-corrected chi connectivity index (χ1v) is 5.76. The molecular weight excluding hydrogens is 194 g/mol. The van der Waals surface area contributed by atoms with Crippen LogP contribution in [0, 0.1) is 5.92 Å². The van der Waals surface area contributed by atoms with Crippen molar-refractivity contribution in [3.8, 4) is 0 Å². The Morgan fingerprint density at radius 3 is 2.73 bits per heavy atom. The molecule has 1 rings (SSSR count). The molecule has 2 N–H and O–H groups in total.